The van der Waals surface area contributed by atoms with Crippen molar-refractivity contribution in [2.24, 2.45) is 0 Å². The van der Waals surface area contributed by atoms with Gasteiger partial charge in [-0.3, -0.25) is 4.79 Å². The molecule has 0 atom stereocenters. The summed E-state index contributed by atoms with van der Waals surface area (Å²) in [6, 6.07) is 5.41. The van der Waals surface area contributed by atoms with Gasteiger partial charge in [-0.25, -0.2) is 0 Å². The van der Waals surface area contributed by atoms with Gasteiger partial charge in [-0.15, -0.1) is 0 Å². The number of hydrogen-bond acceptors (Lipinski definition) is 2. The molecule has 18 heavy (non-hydrogen) atoms. The van der Waals surface area contributed by atoms with Crippen molar-refractivity contribution in [3.63, 3.8) is 0 Å². The Kier molecular flexibility index (Phi) is 5.47. The molecule has 0 aliphatic rings. The van der Waals surface area contributed by atoms with E-state index in [2.05, 4.69) is 26.6 Å². The van der Waals surface area contributed by atoms with Gasteiger partial charge in [0.25, 0.3) is 0 Å². The second kappa shape index (κ2) is 6.43. The Balaban J connectivity index is 2.53. The Morgan fingerprint density at radius 1 is 1.44 bits per heavy atom. The van der Waals surface area contributed by atoms with Crippen LogP contribution in [-0.2, 0) is 4.79 Å². The maximum atomic E-state index is 11.8. The topological polar surface area (TPSA) is 41.1 Å². The molecule has 1 aromatic rings. The highest BCUT2D eigenvalue weighted by molar-refractivity contribution is 9.10. The van der Waals surface area contributed by atoms with E-state index in [-0.39, 0.29) is 18.0 Å². The molecule has 100 valence electrons. The molecule has 0 saturated heterocycles. The molecular weight excluding hydrogens is 316 g/mol. The van der Waals surface area contributed by atoms with Crippen LogP contribution in [0.5, 0.6) is 0 Å². The van der Waals surface area contributed by atoms with Crippen LogP contribution in [0.3, 0.4) is 0 Å². The van der Waals surface area contributed by atoms with Gasteiger partial charge in [0, 0.05) is 20.7 Å². The van der Waals surface area contributed by atoms with E-state index >= 15 is 0 Å². The Hall–Kier alpha value is -0.740. The molecule has 1 amide bonds. The van der Waals surface area contributed by atoms with Gasteiger partial charge in [0.05, 0.1) is 6.54 Å². The number of carbonyl (C=O) groups excluding carboxylic acids is 1. The molecule has 0 aliphatic carbocycles. The third kappa shape index (κ3) is 4.86. The summed E-state index contributed by atoms with van der Waals surface area (Å²) in [5, 5.41) is 6.69. The quantitative estimate of drug-likeness (QED) is 0.860. The molecule has 1 aromatic carbocycles. The lowest BCUT2D eigenvalue weighted by molar-refractivity contribution is -0.121. The predicted octanol–water partition coefficient (Wildman–Crippen LogP) is 3.82. The zero-order valence-electron chi connectivity index (χ0n) is 10.8. The third-order valence-corrected chi connectivity index (χ3v) is 3.62. The first kappa shape index (κ1) is 15.3. The average Bonchev–Trinajstić information content (AvgIpc) is 2.27. The van der Waals surface area contributed by atoms with Crippen LogP contribution in [0.25, 0.3) is 0 Å². The van der Waals surface area contributed by atoms with Crippen LogP contribution < -0.4 is 10.6 Å². The molecule has 0 saturated carbocycles. The molecule has 0 spiro atoms. The van der Waals surface area contributed by atoms with Gasteiger partial charge in [-0.2, -0.15) is 0 Å². The van der Waals surface area contributed by atoms with Crippen molar-refractivity contribution >= 4 is 39.1 Å². The number of carbonyl (C=O) groups is 1. The van der Waals surface area contributed by atoms with E-state index in [9.17, 15) is 4.79 Å². The Morgan fingerprint density at radius 3 is 2.67 bits per heavy atom. The van der Waals surface area contributed by atoms with Gasteiger partial charge in [0.2, 0.25) is 5.91 Å². The van der Waals surface area contributed by atoms with E-state index in [0.29, 0.717) is 5.02 Å². The molecule has 0 aromatic heterocycles. The molecular formula is C13H18BrClN2O. The fraction of sp³-hybridized carbons (Fsp3) is 0.462. The van der Waals surface area contributed by atoms with E-state index in [0.717, 1.165) is 16.6 Å². The lowest BCUT2D eigenvalue weighted by Gasteiger charge is -2.24. The van der Waals surface area contributed by atoms with Gasteiger partial charge < -0.3 is 10.6 Å². The summed E-state index contributed by atoms with van der Waals surface area (Å²) in [6.07, 6.45) is 0.892. The van der Waals surface area contributed by atoms with E-state index in [1.165, 1.54) is 0 Å². The van der Waals surface area contributed by atoms with Gasteiger partial charge in [0.15, 0.2) is 0 Å². The van der Waals surface area contributed by atoms with Crippen molar-refractivity contribution in [2.45, 2.75) is 32.7 Å². The van der Waals surface area contributed by atoms with Crippen LogP contribution in [0.15, 0.2) is 22.7 Å². The van der Waals surface area contributed by atoms with Gasteiger partial charge in [-0.1, -0.05) is 18.5 Å². The van der Waals surface area contributed by atoms with Crippen molar-refractivity contribution in [3.05, 3.63) is 27.7 Å². The van der Waals surface area contributed by atoms with Crippen molar-refractivity contribution in [1.29, 1.82) is 0 Å². The molecule has 0 heterocycles. The minimum Gasteiger partial charge on any atom is -0.375 e. The lowest BCUT2D eigenvalue weighted by Crippen LogP contribution is -2.45. The number of halogens is 2. The molecule has 3 nitrogen and oxygen atoms in total. The van der Waals surface area contributed by atoms with Crippen molar-refractivity contribution in [3.8, 4) is 0 Å². The maximum Gasteiger partial charge on any atom is 0.239 e. The molecule has 0 radical (unpaired) electrons. The lowest BCUT2D eigenvalue weighted by atomic mass is 10.0. The average molecular weight is 334 g/mol. The highest BCUT2D eigenvalue weighted by atomic mass is 79.9. The van der Waals surface area contributed by atoms with E-state index in [1.807, 2.05) is 26.8 Å². The van der Waals surface area contributed by atoms with Crippen LogP contribution >= 0.6 is 27.5 Å². The summed E-state index contributed by atoms with van der Waals surface area (Å²) < 4.78 is 0.845. The van der Waals surface area contributed by atoms with Gasteiger partial charge in [-0.05, 0) is 54.4 Å². The van der Waals surface area contributed by atoms with Crippen LogP contribution in [0.4, 0.5) is 5.69 Å². The van der Waals surface area contributed by atoms with E-state index in [1.54, 1.807) is 12.1 Å². The summed E-state index contributed by atoms with van der Waals surface area (Å²) in [6.45, 7) is 6.29. The fourth-order valence-electron chi connectivity index (χ4n) is 1.32. The Labute approximate surface area is 121 Å². The SMILES string of the molecule is CCC(C)(C)NC(=O)CNc1ccc(Cl)cc1Br. The second-order valence-electron chi connectivity index (χ2n) is 4.76. The standard InChI is InChI=1S/C13H18BrClN2O/c1-4-13(2,3)17-12(18)8-16-11-6-5-9(15)7-10(11)14/h5-7,16H,4,8H2,1-3H3,(H,17,18). The first-order valence-electron chi connectivity index (χ1n) is 5.84. The summed E-state index contributed by atoms with van der Waals surface area (Å²) in [4.78, 5) is 11.8. The number of nitrogens with one attached hydrogen (secondary N) is 2. The van der Waals surface area contributed by atoms with Crippen molar-refractivity contribution < 1.29 is 4.79 Å². The summed E-state index contributed by atoms with van der Waals surface area (Å²) >= 11 is 9.24. The number of anilines is 1. The molecule has 2 N–H and O–H groups in total. The van der Waals surface area contributed by atoms with Gasteiger partial charge >= 0.3 is 0 Å². The van der Waals surface area contributed by atoms with Crippen molar-refractivity contribution in [1.82, 2.24) is 5.32 Å². The third-order valence-electron chi connectivity index (χ3n) is 2.73. The number of hydrogen-bond donors (Lipinski definition) is 2. The summed E-state index contributed by atoms with van der Waals surface area (Å²) in [5.74, 6) is -0.0244. The van der Waals surface area contributed by atoms with Crippen LogP contribution in [0.2, 0.25) is 5.02 Å². The summed E-state index contributed by atoms with van der Waals surface area (Å²) in [7, 11) is 0. The predicted molar refractivity (Wildman–Crippen MR) is 80.2 cm³/mol. The molecule has 5 heteroatoms. The largest absolute Gasteiger partial charge is 0.375 e. The van der Waals surface area contributed by atoms with E-state index in [4.69, 9.17) is 11.6 Å². The zero-order chi connectivity index (χ0) is 13.8. The molecule has 0 aliphatic heterocycles. The number of amides is 1. The summed E-state index contributed by atoms with van der Waals surface area (Å²) in [5.41, 5.74) is 0.680. The zero-order valence-corrected chi connectivity index (χ0v) is 13.2. The second-order valence-corrected chi connectivity index (χ2v) is 6.05. The highest BCUT2D eigenvalue weighted by Crippen LogP contribution is 2.25. The molecule has 0 unspecified atom stereocenters. The first-order chi connectivity index (χ1) is 8.34. The smallest absolute Gasteiger partial charge is 0.239 e. The van der Waals surface area contributed by atoms with Crippen LogP contribution in [0.1, 0.15) is 27.2 Å². The molecule has 0 fully saturated rings. The monoisotopic (exact) mass is 332 g/mol. The Morgan fingerprint density at radius 2 is 2.11 bits per heavy atom. The normalized spacial score (nSPS) is 11.2. The molecule has 0 bridgehead atoms. The maximum absolute atomic E-state index is 11.8. The van der Waals surface area contributed by atoms with Crippen LogP contribution in [0, 0.1) is 0 Å². The Bertz CT molecular complexity index is 435. The minimum atomic E-state index is -0.171. The molecule has 1 rings (SSSR count). The van der Waals surface area contributed by atoms with Gasteiger partial charge in [0.1, 0.15) is 0 Å². The fourth-order valence-corrected chi connectivity index (χ4v) is 2.14. The minimum absolute atomic E-state index is 0.0244. The highest BCUT2D eigenvalue weighted by Gasteiger charge is 2.17. The first-order valence-corrected chi connectivity index (χ1v) is 7.01. The number of benzene rings is 1. The number of rotatable bonds is 5. The van der Waals surface area contributed by atoms with Crippen molar-refractivity contribution in [2.75, 3.05) is 11.9 Å². The van der Waals surface area contributed by atoms with Crippen LogP contribution in [-0.4, -0.2) is 18.0 Å². The van der Waals surface area contributed by atoms with E-state index < -0.39 is 0 Å².